The highest BCUT2D eigenvalue weighted by molar-refractivity contribution is 14.1. The van der Waals surface area contributed by atoms with Crippen molar-refractivity contribution in [2.24, 2.45) is 0 Å². The number of benzene rings is 1. The summed E-state index contributed by atoms with van der Waals surface area (Å²) < 4.78 is 6.75. The van der Waals surface area contributed by atoms with Crippen LogP contribution in [0.3, 0.4) is 0 Å². The second kappa shape index (κ2) is 4.61. The fourth-order valence-electron chi connectivity index (χ4n) is 1.22. The van der Waals surface area contributed by atoms with Crippen molar-refractivity contribution in [2.45, 2.75) is 6.92 Å². The van der Waals surface area contributed by atoms with Gasteiger partial charge < -0.3 is 4.74 Å². The summed E-state index contributed by atoms with van der Waals surface area (Å²) in [7, 11) is 0. The second-order valence-corrected chi connectivity index (χ2v) is 4.31. The first kappa shape index (κ1) is 10.4. The Hall–Kier alpha value is -1.10. The number of ether oxygens (including phenoxy) is 1. The Morgan fingerprint density at radius 3 is 2.60 bits per heavy atom. The minimum atomic E-state index is 0.638. The van der Waals surface area contributed by atoms with Crippen molar-refractivity contribution < 1.29 is 4.74 Å². The molecule has 0 N–H and O–H groups in total. The molecule has 0 saturated carbocycles. The van der Waals surface area contributed by atoms with Gasteiger partial charge in [-0.1, -0.05) is 18.2 Å². The molecular weight excluding hydrogens is 301 g/mol. The molecule has 0 saturated heterocycles. The quantitative estimate of drug-likeness (QED) is 0.787. The van der Waals surface area contributed by atoms with Gasteiger partial charge in [0.15, 0.2) is 0 Å². The van der Waals surface area contributed by atoms with Gasteiger partial charge in [-0.15, -0.1) is 0 Å². The molecule has 76 valence electrons. The van der Waals surface area contributed by atoms with Crippen LogP contribution in [0.2, 0.25) is 0 Å². The first-order chi connectivity index (χ1) is 7.25. The standard InChI is InChI=1S/C12H10INO/c1-9-5-4-8-12(14-9)15-11-7-3-2-6-10(11)13/h2-8H,1H3. The van der Waals surface area contributed by atoms with E-state index in [0.717, 1.165) is 15.0 Å². The van der Waals surface area contributed by atoms with Crippen LogP contribution in [0.1, 0.15) is 5.69 Å². The molecule has 1 aromatic carbocycles. The van der Waals surface area contributed by atoms with E-state index in [2.05, 4.69) is 27.6 Å². The molecule has 0 unspecified atom stereocenters. The lowest BCUT2D eigenvalue weighted by molar-refractivity contribution is 0.458. The SMILES string of the molecule is Cc1cccc(Oc2ccccc2I)n1. The van der Waals surface area contributed by atoms with Crippen LogP contribution in [0.5, 0.6) is 11.6 Å². The van der Waals surface area contributed by atoms with Gasteiger partial charge in [-0.25, -0.2) is 4.98 Å². The second-order valence-electron chi connectivity index (χ2n) is 3.15. The fraction of sp³-hybridized carbons (Fsp3) is 0.0833. The van der Waals surface area contributed by atoms with Crippen LogP contribution < -0.4 is 4.74 Å². The molecule has 0 amide bonds. The number of aryl methyl sites for hydroxylation is 1. The number of aromatic nitrogens is 1. The van der Waals surface area contributed by atoms with Crippen LogP contribution in [0.15, 0.2) is 42.5 Å². The molecule has 1 aromatic heterocycles. The maximum absolute atomic E-state index is 5.67. The van der Waals surface area contributed by atoms with E-state index in [-0.39, 0.29) is 0 Å². The first-order valence-corrected chi connectivity index (χ1v) is 5.69. The Labute approximate surface area is 102 Å². The molecule has 2 nitrogen and oxygen atoms in total. The molecule has 0 atom stereocenters. The largest absolute Gasteiger partial charge is 0.438 e. The Morgan fingerprint density at radius 1 is 1.07 bits per heavy atom. The lowest BCUT2D eigenvalue weighted by atomic mass is 10.3. The number of halogens is 1. The van der Waals surface area contributed by atoms with Gasteiger partial charge >= 0.3 is 0 Å². The van der Waals surface area contributed by atoms with E-state index < -0.39 is 0 Å². The van der Waals surface area contributed by atoms with Gasteiger partial charge in [0.05, 0.1) is 3.57 Å². The van der Waals surface area contributed by atoms with Crippen molar-refractivity contribution in [3.63, 3.8) is 0 Å². The lowest BCUT2D eigenvalue weighted by Gasteiger charge is -2.06. The van der Waals surface area contributed by atoms with Crippen molar-refractivity contribution in [1.82, 2.24) is 4.98 Å². The summed E-state index contributed by atoms with van der Waals surface area (Å²) in [5.74, 6) is 1.48. The van der Waals surface area contributed by atoms with Crippen molar-refractivity contribution in [3.8, 4) is 11.6 Å². The smallest absolute Gasteiger partial charge is 0.219 e. The molecule has 2 aromatic rings. The van der Waals surface area contributed by atoms with Crippen LogP contribution in [-0.4, -0.2) is 4.98 Å². The van der Waals surface area contributed by atoms with Crippen molar-refractivity contribution >= 4 is 22.6 Å². The third kappa shape index (κ3) is 2.68. The third-order valence-electron chi connectivity index (χ3n) is 1.91. The van der Waals surface area contributed by atoms with Crippen LogP contribution in [0.4, 0.5) is 0 Å². The van der Waals surface area contributed by atoms with Crippen LogP contribution in [0, 0.1) is 10.5 Å². The predicted octanol–water partition coefficient (Wildman–Crippen LogP) is 3.79. The summed E-state index contributed by atoms with van der Waals surface area (Å²) in [4.78, 5) is 4.28. The highest BCUT2D eigenvalue weighted by atomic mass is 127. The molecule has 0 aliphatic heterocycles. The average molecular weight is 311 g/mol. The van der Waals surface area contributed by atoms with Crippen molar-refractivity contribution in [2.75, 3.05) is 0 Å². The Kier molecular flexibility index (Phi) is 3.20. The van der Waals surface area contributed by atoms with Gasteiger partial charge in [0.2, 0.25) is 5.88 Å². The van der Waals surface area contributed by atoms with Gasteiger partial charge in [-0.2, -0.15) is 0 Å². The summed E-state index contributed by atoms with van der Waals surface area (Å²) >= 11 is 2.24. The molecule has 15 heavy (non-hydrogen) atoms. The Morgan fingerprint density at radius 2 is 1.87 bits per heavy atom. The lowest BCUT2D eigenvalue weighted by Crippen LogP contribution is -1.90. The van der Waals surface area contributed by atoms with Gasteiger partial charge in [-0.3, -0.25) is 0 Å². The highest BCUT2D eigenvalue weighted by Gasteiger charge is 2.01. The Bertz CT molecular complexity index is 471. The summed E-state index contributed by atoms with van der Waals surface area (Å²) in [5.41, 5.74) is 0.957. The van der Waals surface area contributed by atoms with Crippen LogP contribution in [0.25, 0.3) is 0 Å². The summed E-state index contributed by atoms with van der Waals surface area (Å²) in [5, 5.41) is 0. The number of para-hydroxylation sites is 1. The van der Waals surface area contributed by atoms with Gasteiger partial charge in [-0.05, 0) is 47.7 Å². The number of nitrogens with zero attached hydrogens (tertiary/aromatic N) is 1. The van der Waals surface area contributed by atoms with Crippen LogP contribution in [-0.2, 0) is 0 Å². The zero-order valence-corrected chi connectivity index (χ0v) is 10.4. The van der Waals surface area contributed by atoms with Gasteiger partial charge in [0.1, 0.15) is 5.75 Å². The van der Waals surface area contributed by atoms with E-state index in [0.29, 0.717) is 5.88 Å². The number of rotatable bonds is 2. The molecule has 0 fully saturated rings. The number of pyridine rings is 1. The first-order valence-electron chi connectivity index (χ1n) is 4.62. The fourth-order valence-corrected chi connectivity index (χ4v) is 1.71. The molecule has 3 heteroatoms. The summed E-state index contributed by atoms with van der Waals surface area (Å²) in [6, 6.07) is 13.6. The zero-order chi connectivity index (χ0) is 10.7. The third-order valence-corrected chi connectivity index (χ3v) is 2.81. The van der Waals surface area contributed by atoms with Crippen molar-refractivity contribution in [3.05, 3.63) is 51.7 Å². The summed E-state index contributed by atoms with van der Waals surface area (Å²) in [6.45, 7) is 1.95. The minimum Gasteiger partial charge on any atom is -0.438 e. The molecule has 1 heterocycles. The normalized spacial score (nSPS) is 10.0. The topological polar surface area (TPSA) is 22.1 Å². The molecule has 0 radical (unpaired) electrons. The van der Waals surface area contributed by atoms with Crippen LogP contribution >= 0.6 is 22.6 Å². The molecule has 0 aliphatic rings. The predicted molar refractivity (Wildman–Crippen MR) is 68.2 cm³/mol. The minimum absolute atomic E-state index is 0.638. The average Bonchev–Trinajstić information content (AvgIpc) is 2.22. The Balaban J connectivity index is 2.26. The van der Waals surface area contributed by atoms with E-state index in [1.807, 2.05) is 49.4 Å². The van der Waals surface area contributed by atoms with Gasteiger partial charge in [0.25, 0.3) is 0 Å². The molecule has 0 spiro atoms. The molecule has 0 bridgehead atoms. The maximum atomic E-state index is 5.67. The maximum Gasteiger partial charge on any atom is 0.219 e. The van der Waals surface area contributed by atoms with E-state index in [9.17, 15) is 0 Å². The zero-order valence-electron chi connectivity index (χ0n) is 8.27. The summed E-state index contributed by atoms with van der Waals surface area (Å²) in [6.07, 6.45) is 0. The van der Waals surface area contributed by atoms with E-state index in [1.54, 1.807) is 0 Å². The van der Waals surface area contributed by atoms with E-state index in [4.69, 9.17) is 4.74 Å². The van der Waals surface area contributed by atoms with E-state index in [1.165, 1.54) is 0 Å². The molecular formula is C12H10INO. The van der Waals surface area contributed by atoms with Gasteiger partial charge in [0, 0.05) is 11.8 Å². The van der Waals surface area contributed by atoms with Crippen molar-refractivity contribution in [1.29, 1.82) is 0 Å². The number of hydrogen-bond acceptors (Lipinski definition) is 2. The highest BCUT2D eigenvalue weighted by Crippen LogP contribution is 2.24. The molecule has 0 aliphatic carbocycles. The number of hydrogen-bond donors (Lipinski definition) is 0. The molecule has 2 rings (SSSR count). The monoisotopic (exact) mass is 311 g/mol. The van der Waals surface area contributed by atoms with E-state index >= 15 is 0 Å².